The Hall–Kier alpha value is -5.08. The van der Waals surface area contributed by atoms with E-state index in [-0.39, 0.29) is 19.8 Å². The molecule has 3 aromatic carbocycles. The van der Waals surface area contributed by atoms with Gasteiger partial charge in [0, 0.05) is 41.7 Å². The highest BCUT2D eigenvalue weighted by molar-refractivity contribution is 6.32. The molecule has 0 fully saturated rings. The third-order valence-electron chi connectivity index (χ3n) is 7.44. The molecule has 0 saturated heterocycles. The topological polar surface area (TPSA) is 150 Å². The lowest BCUT2D eigenvalue weighted by Gasteiger charge is -2.25. The van der Waals surface area contributed by atoms with Gasteiger partial charge in [-0.15, -0.1) is 0 Å². The molecule has 2 aromatic heterocycles. The number of nitrogens with one attached hydrogen (secondary N) is 1. The largest absolute Gasteiger partial charge is 0.488 e. The summed E-state index contributed by atoms with van der Waals surface area (Å²) in [6, 6.07) is 20.6. The first-order valence-electron chi connectivity index (χ1n) is 14.0. The number of carbonyl (C=O) groups is 1. The number of aliphatic hydroxyl groups is 1. The van der Waals surface area contributed by atoms with Gasteiger partial charge in [-0.05, 0) is 49.2 Å². The minimum Gasteiger partial charge on any atom is -0.488 e. The summed E-state index contributed by atoms with van der Waals surface area (Å²) in [5.74, 6) is -0.463. The predicted octanol–water partition coefficient (Wildman–Crippen LogP) is 5.61. The summed E-state index contributed by atoms with van der Waals surface area (Å²) < 4.78 is 12.3. The van der Waals surface area contributed by atoms with E-state index in [1.54, 1.807) is 30.6 Å². The maximum absolute atomic E-state index is 11.7. The van der Waals surface area contributed by atoms with Crippen molar-refractivity contribution >= 4 is 28.6 Å². The Morgan fingerprint density at radius 3 is 2.53 bits per heavy atom. The number of fused-ring (bicyclic) bond motifs is 1. The van der Waals surface area contributed by atoms with Gasteiger partial charge < -0.3 is 19.7 Å². The van der Waals surface area contributed by atoms with Crippen LogP contribution in [0, 0.1) is 18.3 Å². The highest BCUT2D eigenvalue weighted by Gasteiger charge is 2.32. The van der Waals surface area contributed by atoms with Crippen molar-refractivity contribution in [1.29, 1.82) is 5.26 Å². The summed E-state index contributed by atoms with van der Waals surface area (Å²) in [5.41, 5.74) is 5.25. The zero-order chi connectivity index (χ0) is 32.0. The Morgan fingerprint density at radius 2 is 1.78 bits per heavy atom. The van der Waals surface area contributed by atoms with Crippen LogP contribution in [0.2, 0.25) is 5.02 Å². The van der Waals surface area contributed by atoms with Crippen molar-refractivity contribution < 1.29 is 24.5 Å². The van der Waals surface area contributed by atoms with E-state index >= 15 is 0 Å². The summed E-state index contributed by atoms with van der Waals surface area (Å²) in [5, 5.41) is 31.6. The van der Waals surface area contributed by atoms with Crippen molar-refractivity contribution in [3.05, 3.63) is 112 Å². The van der Waals surface area contributed by atoms with Crippen LogP contribution in [0.4, 0.5) is 0 Å². The van der Waals surface area contributed by atoms with Gasteiger partial charge in [-0.25, -0.2) is 4.98 Å². The highest BCUT2D eigenvalue weighted by Crippen LogP contribution is 2.35. The highest BCUT2D eigenvalue weighted by atomic mass is 35.5. The van der Waals surface area contributed by atoms with Gasteiger partial charge >= 0.3 is 5.97 Å². The summed E-state index contributed by atoms with van der Waals surface area (Å²) in [7, 11) is 0. The number of benzene rings is 3. The van der Waals surface area contributed by atoms with Crippen molar-refractivity contribution in [2.24, 2.45) is 0 Å². The van der Waals surface area contributed by atoms with Crippen molar-refractivity contribution in [2.45, 2.75) is 39.1 Å². The minimum absolute atomic E-state index is 0.0309. The molecule has 228 valence electrons. The van der Waals surface area contributed by atoms with Gasteiger partial charge in [-0.2, -0.15) is 5.26 Å². The molecule has 0 bridgehead atoms. The summed E-state index contributed by atoms with van der Waals surface area (Å²) in [4.78, 5) is 25.1. The minimum atomic E-state index is -1.58. The number of pyridine rings is 1. The van der Waals surface area contributed by atoms with Crippen LogP contribution < -0.4 is 14.8 Å². The number of aliphatic carboxylic acids is 1. The maximum Gasteiger partial charge on any atom is 0.326 e. The number of aromatic nitrogens is 3. The second-order valence-electron chi connectivity index (χ2n) is 10.6. The molecule has 3 N–H and O–H groups in total. The first-order chi connectivity index (χ1) is 21.7. The Labute approximate surface area is 264 Å². The number of halogens is 1. The molecule has 1 atom stereocenters. The van der Waals surface area contributed by atoms with Gasteiger partial charge in [0.1, 0.15) is 36.3 Å². The summed E-state index contributed by atoms with van der Waals surface area (Å²) in [6.45, 7) is 3.08. The van der Waals surface area contributed by atoms with Crippen LogP contribution in [0.3, 0.4) is 0 Å². The molecule has 1 unspecified atom stereocenters. The van der Waals surface area contributed by atoms with Crippen LogP contribution in [0.1, 0.15) is 34.7 Å². The van der Waals surface area contributed by atoms with Crippen LogP contribution in [0.5, 0.6) is 11.5 Å². The second-order valence-corrected chi connectivity index (χ2v) is 11.1. The number of hydrogen-bond acceptors (Lipinski definition) is 9. The summed E-state index contributed by atoms with van der Waals surface area (Å²) >= 11 is 6.65. The Kier molecular flexibility index (Phi) is 9.54. The average Bonchev–Trinajstić information content (AvgIpc) is 3.06. The molecule has 11 heteroatoms. The second kappa shape index (κ2) is 13.7. The van der Waals surface area contributed by atoms with E-state index in [4.69, 9.17) is 26.1 Å². The van der Waals surface area contributed by atoms with Crippen LogP contribution in [0.15, 0.2) is 79.3 Å². The number of carboxylic acids is 1. The summed E-state index contributed by atoms with van der Waals surface area (Å²) in [6.07, 6.45) is 4.81. The lowest BCUT2D eigenvalue weighted by atomic mass is 10.0. The van der Waals surface area contributed by atoms with Gasteiger partial charge in [0.2, 0.25) is 0 Å². The normalized spacial score (nSPS) is 12.3. The number of para-hydroxylation sites is 2. The molecule has 0 aliphatic rings. The lowest BCUT2D eigenvalue weighted by Crippen LogP contribution is -2.52. The standard InChI is InChI=1S/C34H30ClN5O5/c1-21-24(6-5-7-26(21)30-17-38-28-8-3-4-9-29(28)40-30)19-45-32-12-31(44-18-23-10-22(13-36)14-37-15-23)25(11-27(32)35)16-39-34(2,20-41)33(42)43/h3-12,14-15,17,39,41H,16,18-20H2,1-2H3,(H,42,43). The molecule has 0 aliphatic heterocycles. The van der Waals surface area contributed by atoms with Gasteiger partial charge in [0.25, 0.3) is 0 Å². The van der Waals surface area contributed by atoms with Crippen LogP contribution >= 0.6 is 11.6 Å². The number of aliphatic hydroxyl groups excluding tert-OH is 1. The van der Waals surface area contributed by atoms with Crippen LogP contribution in [-0.2, 0) is 24.6 Å². The molecule has 45 heavy (non-hydrogen) atoms. The molecule has 0 radical (unpaired) electrons. The van der Waals surface area contributed by atoms with Gasteiger partial charge in [0.05, 0.1) is 40.1 Å². The quantitative estimate of drug-likeness (QED) is 0.160. The van der Waals surface area contributed by atoms with E-state index in [1.165, 1.54) is 13.1 Å². The van der Waals surface area contributed by atoms with Crippen LogP contribution in [0.25, 0.3) is 22.3 Å². The average molecular weight is 624 g/mol. The molecule has 0 amide bonds. The zero-order valence-electron chi connectivity index (χ0n) is 24.6. The first-order valence-corrected chi connectivity index (χ1v) is 14.4. The third kappa shape index (κ3) is 7.19. The molecular formula is C34H30ClN5O5. The molecule has 5 aromatic rings. The van der Waals surface area contributed by atoms with Crippen molar-refractivity contribution in [3.63, 3.8) is 0 Å². The molecule has 5 rings (SSSR count). The van der Waals surface area contributed by atoms with Crippen molar-refractivity contribution in [2.75, 3.05) is 6.61 Å². The molecule has 2 heterocycles. The van der Waals surface area contributed by atoms with E-state index in [0.29, 0.717) is 33.2 Å². The molecule has 0 saturated carbocycles. The number of nitrogens with zero attached hydrogens (tertiary/aromatic N) is 4. The van der Waals surface area contributed by atoms with E-state index in [2.05, 4.69) is 21.4 Å². The molecule has 0 aliphatic carbocycles. The predicted molar refractivity (Wildman–Crippen MR) is 169 cm³/mol. The van der Waals surface area contributed by atoms with Crippen LogP contribution in [-0.4, -0.2) is 43.3 Å². The number of hydrogen-bond donors (Lipinski definition) is 3. The van der Waals surface area contributed by atoms with Gasteiger partial charge in [0.15, 0.2) is 0 Å². The number of nitriles is 1. The van der Waals surface area contributed by atoms with Gasteiger partial charge in [-0.1, -0.05) is 41.9 Å². The van der Waals surface area contributed by atoms with E-state index in [1.807, 2.05) is 49.4 Å². The van der Waals surface area contributed by atoms with Crippen molar-refractivity contribution in [3.8, 4) is 28.8 Å². The monoisotopic (exact) mass is 623 g/mol. The lowest BCUT2D eigenvalue weighted by molar-refractivity contribution is -0.145. The van der Waals surface area contributed by atoms with E-state index < -0.39 is 18.1 Å². The first kappa shape index (κ1) is 31.3. The molecule has 10 nitrogen and oxygen atoms in total. The third-order valence-corrected chi connectivity index (χ3v) is 7.74. The number of carboxylic acid groups (broad SMARTS) is 1. The van der Waals surface area contributed by atoms with E-state index in [9.17, 15) is 20.3 Å². The number of rotatable bonds is 12. The Balaban J connectivity index is 1.40. The van der Waals surface area contributed by atoms with Gasteiger partial charge in [-0.3, -0.25) is 20.1 Å². The fourth-order valence-electron chi connectivity index (χ4n) is 4.60. The fourth-order valence-corrected chi connectivity index (χ4v) is 4.84. The number of ether oxygens (including phenoxy) is 2. The smallest absolute Gasteiger partial charge is 0.326 e. The molecular weight excluding hydrogens is 594 g/mol. The maximum atomic E-state index is 11.7. The SMILES string of the molecule is Cc1c(COc2cc(OCc3cncc(C#N)c3)c(CNC(C)(CO)C(=O)O)cc2Cl)cccc1-c1cnc2ccccc2n1. The fraction of sp³-hybridized carbons (Fsp3) is 0.206. The zero-order valence-corrected chi connectivity index (χ0v) is 25.4. The Bertz CT molecular complexity index is 1910. The Morgan fingerprint density at radius 1 is 1.00 bits per heavy atom. The van der Waals surface area contributed by atoms with E-state index in [0.717, 1.165) is 33.4 Å². The van der Waals surface area contributed by atoms with Crippen molar-refractivity contribution in [1.82, 2.24) is 20.3 Å². The molecule has 0 spiro atoms.